The Morgan fingerprint density at radius 1 is 1.26 bits per heavy atom. The molecule has 1 aliphatic rings. The van der Waals surface area contributed by atoms with Gasteiger partial charge in [0.25, 0.3) is 5.91 Å². The van der Waals surface area contributed by atoms with Crippen LogP contribution in [0.5, 0.6) is 5.75 Å². The molecule has 0 aliphatic carbocycles. The number of aromatic hydroxyl groups is 1. The van der Waals surface area contributed by atoms with Gasteiger partial charge in [-0.2, -0.15) is 0 Å². The molecular formula is C23H29N5O5S. The number of para-hydroxylation sites is 1. The van der Waals surface area contributed by atoms with Crippen molar-refractivity contribution < 1.29 is 24.0 Å². The van der Waals surface area contributed by atoms with Gasteiger partial charge in [-0.1, -0.05) is 26.8 Å². The van der Waals surface area contributed by atoms with E-state index in [1.165, 1.54) is 11.0 Å². The number of aliphatic hydroxyl groups excluding tert-OH is 1. The Morgan fingerprint density at radius 2 is 2.00 bits per heavy atom. The molecule has 1 saturated heterocycles. The van der Waals surface area contributed by atoms with Gasteiger partial charge in [0.15, 0.2) is 16.9 Å². The monoisotopic (exact) mass is 487 g/mol. The molecular weight excluding hydrogens is 458 g/mol. The number of benzene rings is 1. The van der Waals surface area contributed by atoms with E-state index in [-0.39, 0.29) is 52.5 Å². The van der Waals surface area contributed by atoms with Crippen LogP contribution in [0.25, 0.3) is 0 Å². The van der Waals surface area contributed by atoms with Crippen LogP contribution in [0, 0.1) is 12.3 Å². The summed E-state index contributed by atoms with van der Waals surface area (Å²) in [5, 5.41) is 26.8. The standard InChI is InChI=1S/C23H29N5O5S/c1-13-8-9-17(33-13)19(23(2,3)4)25-21-20(26-34(32)27-21)24-16-7-5-6-15(18(16)30)22(31)28-11-10-14(29)12-28/h5-9,14,19,29-30H,10-12H2,1-4H3,(H,24,26)(H,25,27)/t14-,19+,34?/m1/s1. The third-order valence-electron chi connectivity index (χ3n) is 5.73. The summed E-state index contributed by atoms with van der Waals surface area (Å²) < 4.78 is 26.1. The van der Waals surface area contributed by atoms with E-state index in [4.69, 9.17) is 4.42 Å². The summed E-state index contributed by atoms with van der Waals surface area (Å²) in [4.78, 5) is 14.3. The molecule has 0 spiro atoms. The molecule has 10 nitrogen and oxygen atoms in total. The summed E-state index contributed by atoms with van der Waals surface area (Å²) in [6.45, 7) is 8.62. The predicted molar refractivity (Wildman–Crippen MR) is 128 cm³/mol. The maximum atomic E-state index is 12.8. The van der Waals surface area contributed by atoms with Crippen molar-refractivity contribution in [3.8, 4) is 5.75 Å². The average molecular weight is 488 g/mol. The predicted octanol–water partition coefficient (Wildman–Crippen LogP) is 3.96. The highest BCUT2D eigenvalue weighted by atomic mass is 32.2. The van der Waals surface area contributed by atoms with E-state index in [2.05, 4.69) is 19.4 Å². The number of rotatable bonds is 6. The Hall–Kier alpha value is -3.15. The molecule has 1 amide bonds. The molecule has 3 atom stereocenters. The fourth-order valence-electron chi connectivity index (χ4n) is 3.94. The van der Waals surface area contributed by atoms with Gasteiger partial charge in [0.2, 0.25) is 11.6 Å². The van der Waals surface area contributed by atoms with Gasteiger partial charge < -0.3 is 34.7 Å². The number of hydrogen-bond donors (Lipinski definition) is 4. The largest absolute Gasteiger partial charge is 0.546 e. The maximum Gasteiger partial charge on any atom is 0.257 e. The van der Waals surface area contributed by atoms with Crippen LogP contribution in [0.1, 0.15) is 55.1 Å². The Kier molecular flexibility index (Phi) is 6.52. The Bertz CT molecular complexity index is 1180. The molecule has 11 heteroatoms. The van der Waals surface area contributed by atoms with E-state index >= 15 is 0 Å². The molecule has 0 bridgehead atoms. The van der Waals surface area contributed by atoms with Crippen molar-refractivity contribution in [2.45, 2.75) is 46.3 Å². The second-order valence-corrected chi connectivity index (χ2v) is 10.3. The van der Waals surface area contributed by atoms with E-state index < -0.39 is 17.2 Å². The van der Waals surface area contributed by atoms with Crippen LogP contribution in [0.15, 0.2) is 34.7 Å². The molecule has 0 radical (unpaired) electrons. The van der Waals surface area contributed by atoms with Gasteiger partial charge in [-0.05, 0) is 43.0 Å². The lowest BCUT2D eigenvalue weighted by molar-refractivity contribution is 0.0762. The number of furan rings is 1. The molecule has 34 heavy (non-hydrogen) atoms. The summed E-state index contributed by atoms with van der Waals surface area (Å²) in [6, 6.07) is 8.18. The molecule has 2 aromatic heterocycles. The van der Waals surface area contributed by atoms with Crippen LogP contribution in [0.3, 0.4) is 0 Å². The first kappa shape index (κ1) is 24.0. The number of anilines is 3. The Balaban J connectivity index is 1.61. The summed E-state index contributed by atoms with van der Waals surface area (Å²) in [7, 11) is 0. The lowest BCUT2D eigenvalue weighted by Crippen LogP contribution is -2.29. The van der Waals surface area contributed by atoms with Crippen molar-refractivity contribution in [2.75, 3.05) is 23.7 Å². The number of likely N-dealkylation sites (tertiary alicyclic amines) is 1. The zero-order valence-corrected chi connectivity index (χ0v) is 20.3. The van der Waals surface area contributed by atoms with Crippen molar-refractivity contribution in [1.29, 1.82) is 0 Å². The van der Waals surface area contributed by atoms with Crippen molar-refractivity contribution in [1.82, 2.24) is 13.6 Å². The number of phenols is 1. The maximum absolute atomic E-state index is 12.8. The first-order valence-corrected chi connectivity index (χ1v) is 12.1. The minimum absolute atomic E-state index is 0.101. The van der Waals surface area contributed by atoms with E-state index in [9.17, 15) is 19.6 Å². The summed E-state index contributed by atoms with van der Waals surface area (Å²) >= 11 is -1.84. The van der Waals surface area contributed by atoms with E-state index in [0.29, 0.717) is 18.7 Å². The van der Waals surface area contributed by atoms with Crippen molar-refractivity contribution in [3.05, 3.63) is 47.4 Å². The molecule has 1 aromatic carbocycles. The van der Waals surface area contributed by atoms with E-state index in [1.54, 1.807) is 12.1 Å². The second kappa shape index (κ2) is 9.24. The van der Waals surface area contributed by atoms with Crippen LogP contribution in [-0.2, 0) is 0 Å². The minimum atomic E-state index is -1.84. The Labute approximate surface area is 200 Å². The molecule has 182 valence electrons. The number of nitrogens with one attached hydrogen (secondary N) is 2. The van der Waals surface area contributed by atoms with Gasteiger partial charge in [0.1, 0.15) is 11.5 Å². The number of carbonyl (C=O) groups is 1. The minimum Gasteiger partial charge on any atom is -0.546 e. The highest BCUT2D eigenvalue weighted by Gasteiger charge is 2.32. The van der Waals surface area contributed by atoms with Gasteiger partial charge in [0.05, 0.1) is 23.4 Å². The number of aryl methyl sites for hydroxylation is 1. The molecule has 3 heterocycles. The van der Waals surface area contributed by atoms with Gasteiger partial charge in [-0.3, -0.25) is 4.79 Å². The van der Waals surface area contributed by atoms with Crippen molar-refractivity contribution in [3.63, 3.8) is 0 Å². The number of nitrogens with zero attached hydrogens (tertiary/aromatic N) is 3. The quantitative estimate of drug-likeness (QED) is 0.299. The Morgan fingerprint density at radius 3 is 2.62 bits per heavy atom. The van der Waals surface area contributed by atoms with Crippen LogP contribution < -0.4 is 10.6 Å². The van der Waals surface area contributed by atoms with Crippen LogP contribution in [0.2, 0.25) is 0 Å². The molecule has 4 N–H and O–H groups in total. The summed E-state index contributed by atoms with van der Waals surface area (Å²) in [6.07, 6.45) is -0.0586. The molecule has 1 aliphatic heterocycles. The molecule has 0 saturated carbocycles. The fraction of sp³-hybridized carbons (Fsp3) is 0.435. The first-order valence-electron chi connectivity index (χ1n) is 11.0. The lowest BCUT2D eigenvalue weighted by atomic mass is 9.85. The molecule has 4 rings (SSSR count). The summed E-state index contributed by atoms with van der Waals surface area (Å²) in [5.74, 6) is 1.27. The zero-order chi connectivity index (χ0) is 24.6. The number of aliphatic hydroxyl groups is 1. The van der Waals surface area contributed by atoms with Gasteiger partial charge in [-0.25, -0.2) is 0 Å². The molecule has 1 fully saturated rings. The highest BCUT2D eigenvalue weighted by molar-refractivity contribution is 7.14. The van der Waals surface area contributed by atoms with Gasteiger partial charge in [-0.15, -0.1) is 0 Å². The SMILES string of the molecule is Cc1ccc([C@H](Nc2n[s+]([O-])nc2Nc2cccc(C(=O)N3CC[C@@H](O)C3)c2O)C(C)(C)C)o1. The smallest absolute Gasteiger partial charge is 0.257 e. The number of β-amino-alcohol motifs (C(OH)–C–C–N with tert-alkyl or cyclic N) is 1. The van der Waals surface area contributed by atoms with Crippen LogP contribution in [-0.4, -0.2) is 53.5 Å². The number of carbonyl (C=O) groups excluding carboxylic acids is 1. The number of hydrogen-bond acceptors (Lipinski definition) is 9. The van der Waals surface area contributed by atoms with E-state index in [1.807, 2.05) is 39.8 Å². The molecule has 3 aromatic rings. The van der Waals surface area contributed by atoms with Gasteiger partial charge in [0, 0.05) is 21.8 Å². The first-order chi connectivity index (χ1) is 16.0. The second-order valence-electron chi connectivity index (χ2n) is 9.52. The molecule has 1 unspecified atom stereocenters. The fourth-order valence-corrected chi connectivity index (χ4v) is 4.57. The normalized spacial score (nSPS) is 17.6. The van der Waals surface area contributed by atoms with E-state index in [0.717, 1.165) is 5.76 Å². The van der Waals surface area contributed by atoms with Crippen LogP contribution in [0.4, 0.5) is 17.3 Å². The highest BCUT2D eigenvalue weighted by Crippen LogP contribution is 2.40. The van der Waals surface area contributed by atoms with Gasteiger partial charge >= 0.3 is 0 Å². The van der Waals surface area contributed by atoms with Crippen LogP contribution >= 0.6 is 11.1 Å². The zero-order valence-electron chi connectivity index (χ0n) is 19.5. The third kappa shape index (κ3) is 5.01. The topological polar surface area (TPSA) is 147 Å². The third-order valence-corrected chi connectivity index (χ3v) is 6.40. The number of aromatic nitrogens is 2. The number of phenolic OH excluding ortho intramolecular Hbond substituents is 1. The summed E-state index contributed by atoms with van der Waals surface area (Å²) in [5.41, 5.74) is 0.0411. The lowest BCUT2D eigenvalue weighted by Gasteiger charge is -2.29. The number of amides is 1. The van der Waals surface area contributed by atoms with Crippen molar-refractivity contribution >= 4 is 34.4 Å². The average Bonchev–Trinajstić information content (AvgIpc) is 3.46. The van der Waals surface area contributed by atoms with Crippen molar-refractivity contribution in [2.24, 2.45) is 5.41 Å².